The molecule has 5 nitrogen and oxygen atoms in total. The summed E-state index contributed by atoms with van der Waals surface area (Å²) >= 11 is 2.00. The summed E-state index contributed by atoms with van der Waals surface area (Å²) in [6, 6.07) is 7.88. The van der Waals surface area contributed by atoms with Crippen molar-refractivity contribution in [1.82, 2.24) is 0 Å². The van der Waals surface area contributed by atoms with Crippen molar-refractivity contribution in [2.75, 3.05) is 5.32 Å². The van der Waals surface area contributed by atoms with Crippen LogP contribution in [-0.2, 0) is 9.59 Å². The molecule has 6 heteroatoms. The van der Waals surface area contributed by atoms with Gasteiger partial charge in [-0.15, -0.1) is 0 Å². The van der Waals surface area contributed by atoms with Crippen molar-refractivity contribution in [3.05, 3.63) is 51.1 Å². The van der Waals surface area contributed by atoms with Crippen LogP contribution in [0.5, 0.6) is 0 Å². The highest BCUT2D eigenvalue weighted by Gasteiger charge is 2.60. The van der Waals surface area contributed by atoms with E-state index in [0.29, 0.717) is 9.27 Å². The Labute approximate surface area is 167 Å². The molecule has 0 aliphatic heterocycles. The highest BCUT2D eigenvalue weighted by molar-refractivity contribution is 14.1. The quantitative estimate of drug-likeness (QED) is 0.666. The molecule has 2 amide bonds. The predicted octanol–water partition coefficient (Wildman–Crippen LogP) is 3.77. The molecule has 1 aromatic rings. The zero-order chi connectivity index (χ0) is 19.7. The van der Waals surface area contributed by atoms with Crippen molar-refractivity contribution in [2.24, 2.45) is 22.5 Å². The van der Waals surface area contributed by atoms with E-state index in [2.05, 4.69) is 11.4 Å². The first kappa shape index (κ1) is 20.2. The number of nitrogens with one attached hydrogen (secondary N) is 1. The standard InChI is InChI=1S/C20H22IN3O2/c1-12-8-9-15(13(2)10-12)24-17(25)14-6-5-7-16(21)20(14,18(23)26)19(3,4)11-22/h5-10,14H,1-4H3,(H2,23,26)(H,24,25). The molecule has 0 radical (unpaired) electrons. The average Bonchev–Trinajstić information content (AvgIpc) is 2.56. The Morgan fingerprint density at radius 2 is 2.00 bits per heavy atom. The van der Waals surface area contributed by atoms with Gasteiger partial charge in [-0.1, -0.05) is 35.9 Å². The molecule has 2 atom stereocenters. The molecular formula is C20H22IN3O2. The van der Waals surface area contributed by atoms with Crippen LogP contribution in [0.2, 0.25) is 0 Å². The average molecular weight is 463 g/mol. The van der Waals surface area contributed by atoms with Crippen molar-refractivity contribution in [3.8, 4) is 6.07 Å². The number of carbonyl (C=O) groups excluding carboxylic acids is 2. The van der Waals surface area contributed by atoms with Gasteiger partial charge >= 0.3 is 0 Å². The molecule has 0 bridgehead atoms. The van der Waals surface area contributed by atoms with Gasteiger partial charge in [0, 0.05) is 9.27 Å². The molecule has 0 saturated carbocycles. The topological polar surface area (TPSA) is 96.0 Å². The Morgan fingerprint density at radius 3 is 2.54 bits per heavy atom. The highest BCUT2D eigenvalue weighted by atomic mass is 127. The number of benzene rings is 1. The molecular weight excluding hydrogens is 441 g/mol. The van der Waals surface area contributed by atoms with Crippen LogP contribution in [0.4, 0.5) is 5.69 Å². The van der Waals surface area contributed by atoms with Crippen molar-refractivity contribution >= 4 is 40.1 Å². The third-order valence-corrected chi connectivity index (χ3v) is 6.18. The first-order valence-corrected chi connectivity index (χ1v) is 9.29. The molecule has 2 unspecified atom stereocenters. The van der Waals surface area contributed by atoms with Crippen LogP contribution >= 0.6 is 22.6 Å². The number of nitrogens with zero attached hydrogens (tertiary/aromatic N) is 1. The lowest BCUT2D eigenvalue weighted by Crippen LogP contribution is -2.56. The largest absolute Gasteiger partial charge is 0.369 e. The van der Waals surface area contributed by atoms with Gasteiger partial charge < -0.3 is 11.1 Å². The summed E-state index contributed by atoms with van der Waals surface area (Å²) < 4.78 is 0.581. The summed E-state index contributed by atoms with van der Waals surface area (Å²) in [6.45, 7) is 7.16. The van der Waals surface area contributed by atoms with Crippen LogP contribution in [0, 0.1) is 41.9 Å². The van der Waals surface area contributed by atoms with E-state index in [1.807, 2.05) is 54.6 Å². The summed E-state index contributed by atoms with van der Waals surface area (Å²) in [6.07, 6.45) is 5.10. The Hall–Kier alpha value is -2.14. The summed E-state index contributed by atoms with van der Waals surface area (Å²) in [5, 5.41) is 12.6. The van der Waals surface area contributed by atoms with Gasteiger partial charge in [-0.2, -0.15) is 5.26 Å². The fourth-order valence-corrected chi connectivity index (χ4v) is 4.96. The lowest BCUT2D eigenvalue weighted by atomic mass is 9.57. The number of anilines is 1. The molecule has 0 saturated heterocycles. The van der Waals surface area contributed by atoms with Crippen LogP contribution in [-0.4, -0.2) is 11.8 Å². The van der Waals surface area contributed by atoms with Gasteiger partial charge in [-0.05, 0) is 61.9 Å². The van der Waals surface area contributed by atoms with E-state index >= 15 is 0 Å². The van der Waals surface area contributed by atoms with E-state index in [-0.39, 0.29) is 5.91 Å². The second kappa shape index (κ2) is 7.23. The minimum atomic E-state index is -1.43. The molecule has 1 aromatic carbocycles. The Morgan fingerprint density at radius 1 is 1.35 bits per heavy atom. The molecule has 0 heterocycles. The Balaban J connectivity index is 2.53. The molecule has 1 aliphatic carbocycles. The fourth-order valence-electron chi connectivity index (χ4n) is 3.48. The third-order valence-electron chi connectivity index (χ3n) is 4.97. The first-order valence-electron chi connectivity index (χ1n) is 8.21. The van der Waals surface area contributed by atoms with Crippen LogP contribution < -0.4 is 11.1 Å². The van der Waals surface area contributed by atoms with Gasteiger partial charge in [0.25, 0.3) is 0 Å². The van der Waals surface area contributed by atoms with E-state index in [0.717, 1.165) is 11.1 Å². The van der Waals surface area contributed by atoms with Crippen molar-refractivity contribution in [3.63, 3.8) is 0 Å². The summed E-state index contributed by atoms with van der Waals surface area (Å²) in [4.78, 5) is 25.7. The first-order chi connectivity index (χ1) is 12.1. The number of primary amides is 1. The Kier molecular flexibility index (Phi) is 5.61. The van der Waals surface area contributed by atoms with Gasteiger partial charge in [0.15, 0.2) is 0 Å². The molecule has 1 aliphatic rings. The number of hydrogen-bond donors (Lipinski definition) is 2. The zero-order valence-electron chi connectivity index (χ0n) is 15.3. The molecule has 3 N–H and O–H groups in total. The van der Waals surface area contributed by atoms with Gasteiger partial charge in [-0.25, -0.2) is 0 Å². The van der Waals surface area contributed by atoms with E-state index < -0.39 is 22.7 Å². The van der Waals surface area contributed by atoms with E-state index in [4.69, 9.17) is 5.73 Å². The molecule has 2 rings (SSSR count). The third kappa shape index (κ3) is 3.16. The number of carbonyl (C=O) groups is 2. The number of allylic oxidation sites excluding steroid dienone is 2. The van der Waals surface area contributed by atoms with Gasteiger partial charge in [0.1, 0.15) is 5.41 Å². The van der Waals surface area contributed by atoms with Crippen LogP contribution in [0.15, 0.2) is 40.0 Å². The summed E-state index contributed by atoms with van der Waals surface area (Å²) in [5.74, 6) is -1.93. The second-order valence-corrected chi connectivity index (χ2v) is 8.26. The number of amides is 2. The van der Waals surface area contributed by atoms with Crippen LogP contribution in [0.25, 0.3) is 0 Å². The SMILES string of the molecule is Cc1ccc(NC(=O)C2C=CC=C(I)C2(C(N)=O)C(C)(C)C#N)c(C)c1. The van der Waals surface area contributed by atoms with E-state index in [9.17, 15) is 14.9 Å². The number of aryl methyl sites for hydroxylation is 2. The van der Waals surface area contributed by atoms with E-state index in [1.54, 1.807) is 32.1 Å². The van der Waals surface area contributed by atoms with Gasteiger partial charge in [0.05, 0.1) is 17.4 Å². The number of hydrogen-bond acceptors (Lipinski definition) is 3. The maximum atomic E-state index is 13.1. The minimum Gasteiger partial charge on any atom is -0.369 e. The fraction of sp³-hybridized carbons (Fsp3) is 0.350. The highest BCUT2D eigenvalue weighted by Crippen LogP contribution is 2.54. The van der Waals surface area contributed by atoms with Crippen LogP contribution in [0.1, 0.15) is 25.0 Å². The zero-order valence-corrected chi connectivity index (χ0v) is 17.4. The smallest absolute Gasteiger partial charge is 0.232 e. The molecule has 0 fully saturated rings. The van der Waals surface area contributed by atoms with Crippen molar-refractivity contribution in [1.29, 1.82) is 5.26 Å². The summed E-state index contributed by atoms with van der Waals surface area (Å²) in [7, 11) is 0. The van der Waals surface area contributed by atoms with Gasteiger partial charge in [-0.3, -0.25) is 9.59 Å². The maximum Gasteiger partial charge on any atom is 0.232 e. The summed E-state index contributed by atoms with van der Waals surface area (Å²) in [5.41, 5.74) is 5.87. The van der Waals surface area contributed by atoms with Crippen LogP contribution in [0.3, 0.4) is 0 Å². The van der Waals surface area contributed by atoms with Crippen molar-refractivity contribution in [2.45, 2.75) is 27.7 Å². The molecule has 0 aromatic heterocycles. The monoisotopic (exact) mass is 463 g/mol. The number of nitrogens with two attached hydrogens (primary N) is 1. The predicted molar refractivity (Wildman–Crippen MR) is 110 cm³/mol. The number of rotatable bonds is 4. The molecule has 0 spiro atoms. The minimum absolute atomic E-state index is 0.363. The molecule has 136 valence electrons. The lowest BCUT2D eigenvalue weighted by Gasteiger charge is -2.45. The second-order valence-electron chi connectivity index (χ2n) is 7.09. The van der Waals surface area contributed by atoms with E-state index in [1.165, 1.54) is 0 Å². The van der Waals surface area contributed by atoms with Crippen molar-refractivity contribution < 1.29 is 9.59 Å². The van der Waals surface area contributed by atoms with Gasteiger partial charge in [0.2, 0.25) is 11.8 Å². The lowest BCUT2D eigenvalue weighted by molar-refractivity contribution is -0.138. The number of nitriles is 1. The maximum absolute atomic E-state index is 13.1. The normalized spacial score (nSPS) is 22.3. The molecule has 26 heavy (non-hydrogen) atoms. The Bertz CT molecular complexity index is 864. The number of halogens is 1.